The number of nitrogens with two attached hydrogens (primary N) is 1. The van der Waals surface area contributed by atoms with E-state index in [1.165, 1.54) is 12.1 Å². The maximum Gasteiger partial charge on any atom is 0.123 e. The van der Waals surface area contributed by atoms with Crippen molar-refractivity contribution in [3.05, 3.63) is 35.6 Å². The molecule has 4 heteroatoms. The molecule has 0 amide bonds. The fourth-order valence-corrected chi connectivity index (χ4v) is 2.40. The molecule has 1 fully saturated rings. The van der Waals surface area contributed by atoms with E-state index in [1.54, 1.807) is 12.1 Å². The van der Waals surface area contributed by atoms with Crippen molar-refractivity contribution in [2.24, 2.45) is 5.73 Å². The molecule has 1 aromatic carbocycles. The van der Waals surface area contributed by atoms with Gasteiger partial charge in [0.15, 0.2) is 0 Å². The van der Waals surface area contributed by atoms with Gasteiger partial charge in [-0.1, -0.05) is 12.1 Å². The van der Waals surface area contributed by atoms with E-state index in [2.05, 4.69) is 4.90 Å². The van der Waals surface area contributed by atoms with Gasteiger partial charge in [-0.15, -0.1) is 0 Å². The third-order valence-corrected chi connectivity index (χ3v) is 3.49. The molecule has 3 nitrogen and oxygen atoms in total. The first kappa shape index (κ1) is 12.5. The highest BCUT2D eigenvalue weighted by Crippen LogP contribution is 2.32. The van der Waals surface area contributed by atoms with E-state index < -0.39 is 5.60 Å². The lowest BCUT2D eigenvalue weighted by atomic mass is 9.84. The monoisotopic (exact) mass is 238 g/mol. The summed E-state index contributed by atoms with van der Waals surface area (Å²) < 4.78 is 13.2. The molecule has 3 N–H and O–H groups in total. The van der Waals surface area contributed by atoms with Crippen LogP contribution in [-0.2, 0) is 5.60 Å². The molecular formula is C13H19FN2O. The van der Waals surface area contributed by atoms with Gasteiger partial charge in [-0.2, -0.15) is 0 Å². The molecule has 1 saturated heterocycles. The first-order chi connectivity index (χ1) is 8.14. The lowest BCUT2D eigenvalue weighted by Crippen LogP contribution is -2.44. The van der Waals surface area contributed by atoms with Crippen LogP contribution in [0.1, 0.15) is 18.4 Å². The minimum Gasteiger partial charge on any atom is -0.385 e. The maximum absolute atomic E-state index is 13.2. The Morgan fingerprint density at radius 3 is 2.65 bits per heavy atom. The Morgan fingerprint density at radius 2 is 2.06 bits per heavy atom. The van der Waals surface area contributed by atoms with Gasteiger partial charge < -0.3 is 15.7 Å². The molecule has 0 radical (unpaired) electrons. The van der Waals surface area contributed by atoms with Gasteiger partial charge in [0.05, 0.1) is 5.60 Å². The van der Waals surface area contributed by atoms with E-state index in [1.807, 2.05) is 0 Å². The summed E-state index contributed by atoms with van der Waals surface area (Å²) in [7, 11) is 0. The Labute approximate surface area is 101 Å². The number of piperidine rings is 1. The van der Waals surface area contributed by atoms with E-state index in [9.17, 15) is 9.50 Å². The largest absolute Gasteiger partial charge is 0.385 e. The van der Waals surface area contributed by atoms with Gasteiger partial charge in [-0.25, -0.2) is 4.39 Å². The van der Waals surface area contributed by atoms with Crippen LogP contribution in [0, 0.1) is 5.82 Å². The number of hydrogen-bond acceptors (Lipinski definition) is 3. The van der Waals surface area contributed by atoms with E-state index in [0.29, 0.717) is 24.9 Å². The Morgan fingerprint density at radius 1 is 1.35 bits per heavy atom. The quantitative estimate of drug-likeness (QED) is 0.828. The molecule has 0 aromatic heterocycles. The van der Waals surface area contributed by atoms with Crippen molar-refractivity contribution >= 4 is 0 Å². The second kappa shape index (κ2) is 5.12. The second-order valence-corrected chi connectivity index (χ2v) is 4.67. The molecule has 0 aliphatic carbocycles. The Balaban J connectivity index is 2.06. The summed E-state index contributed by atoms with van der Waals surface area (Å²) in [6.45, 7) is 3.12. The van der Waals surface area contributed by atoms with Gasteiger partial charge in [-0.3, -0.25) is 0 Å². The summed E-state index contributed by atoms with van der Waals surface area (Å²) in [5.41, 5.74) is 5.31. The van der Waals surface area contributed by atoms with Crippen LogP contribution in [-0.4, -0.2) is 36.2 Å². The molecule has 2 rings (SSSR count). The third-order valence-electron chi connectivity index (χ3n) is 3.49. The molecule has 0 unspecified atom stereocenters. The number of likely N-dealkylation sites (tertiary alicyclic amines) is 1. The number of benzene rings is 1. The van der Waals surface area contributed by atoms with Crippen LogP contribution >= 0.6 is 0 Å². The van der Waals surface area contributed by atoms with Crippen LogP contribution < -0.4 is 5.73 Å². The van der Waals surface area contributed by atoms with Crippen molar-refractivity contribution in [3.8, 4) is 0 Å². The summed E-state index contributed by atoms with van der Waals surface area (Å²) in [6, 6.07) is 6.27. The first-order valence-corrected chi connectivity index (χ1v) is 6.05. The number of nitrogens with zero attached hydrogens (tertiary/aromatic N) is 1. The van der Waals surface area contributed by atoms with Crippen LogP contribution in [0.4, 0.5) is 4.39 Å². The number of halogens is 1. The topological polar surface area (TPSA) is 49.5 Å². The minimum absolute atomic E-state index is 0.291. The Kier molecular flexibility index (Phi) is 3.76. The van der Waals surface area contributed by atoms with Crippen LogP contribution in [0.2, 0.25) is 0 Å². The van der Waals surface area contributed by atoms with E-state index in [-0.39, 0.29) is 5.82 Å². The second-order valence-electron chi connectivity index (χ2n) is 4.67. The Hall–Kier alpha value is -0.970. The van der Waals surface area contributed by atoms with Gasteiger partial charge in [0.25, 0.3) is 0 Å². The normalized spacial score (nSPS) is 20.4. The molecule has 17 heavy (non-hydrogen) atoms. The van der Waals surface area contributed by atoms with E-state index >= 15 is 0 Å². The molecule has 1 aliphatic heterocycles. The fourth-order valence-electron chi connectivity index (χ4n) is 2.40. The molecule has 1 heterocycles. The van der Waals surface area contributed by atoms with E-state index in [0.717, 1.165) is 19.6 Å². The van der Waals surface area contributed by atoms with Crippen molar-refractivity contribution in [2.75, 3.05) is 26.2 Å². The smallest absolute Gasteiger partial charge is 0.123 e. The van der Waals surface area contributed by atoms with Gasteiger partial charge in [0.1, 0.15) is 5.82 Å². The lowest BCUT2D eigenvalue weighted by molar-refractivity contribution is -0.0253. The molecule has 1 aromatic rings. The van der Waals surface area contributed by atoms with Gasteiger partial charge in [0.2, 0.25) is 0 Å². The van der Waals surface area contributed by atoms with Crippen molar-refractivity contribution in [2.45, 2.75) is 18.4 Å². The molecule has 94 valence electrons. The minimum atomic E-state index is -0.882. The molecule has 0 spiro atoms. The average Bonchev–Trinajstić information content (AvgIpc) is 2.33. The number of aliphatic hydroxyl groups is 1. The molecular weight excluding hydrogens is 219 g/mol. The van der Waals surface area contributed by atoms with Crippen LogP contribution in [0.3, 0.4) is 0 Å². The van der Waals surface area contributed by atoms with Crippen molar-refractivity contribution in [3.63, 3.8) is 0 Å². The van der Waals surface area contributed by atoms with E-state index in [4.69, 9.17) is 5.73 Å². The summed E-state index contributed by atoms with van der Waals surface area (Å²) in [6.07, 6.45) is 1.27. The van der Waals surface area contributed by atoms with Crippen molar-refractivity contribution in [1.82, 2.24) is 4.90 Å². The highest BCUT2D eigenvalue weighted by molar-refractivity contribution is 5.24. The zero-order valence-electron chi connectivity index (χ0n) is 9.90. The molecule has 0 bridgehead atoms. The maximum atomic E-state index is 13.2. The van der Waals surface area contributed by atoms with Crippen LogP contribution in [0.25, 0.3) is 0 Å². The zero-order chi connectivity index (χ0) is 12.3. The van der Waals surface area contributed by atoms with Crippen molar-refractivity contribution in [1.29, 1.82) is 0 Å². The average molecular weight is 238 g/mol. The molecule has 0 saturated carbocycles. The van der Waals surface area contributed by atoms with Crippen LogP contribution in [0.5, 0.6) is 0 Å². The highest BCUT2D eigenvalue weighted by Gasteiger charge is 2.33. The summed E-state index contributed by atoms with van der Waals surface area (Å²) in [4.78, 5) is 2.23. The number of rotatable bonds is 3. The lowest BCUT2D eigenvalue weighted by Gasteiger charge is -2.38. The predicted octanol–water partition coefficient (Wildman–Crippen LogP) is 1.07. The van der Waals surface area contributed by atoms with Gasteiger partial charge in [0, 0.05) is 26.2 Å². The Bertz CT molecular complexity index is 375. The summed E-state index contributed by atoms with van der Waals surface area (Å²) in [5.74, 6) is -0.291. The molecule has 1 aliphatic rings. The summed E-state index contributed by atoms with van der Waals surface area (Å²) >= 11 is 0. The first-order valence-electron chi connectivity index (χ1n) is 6.05. The number of hydrogen-bond donors (Lipinski definition) is 2. The zero-order valence-corrected chi connectivity index (χ0v) is 9.90. The van der Waals surface area contributed by atoms with Gasteiger partial charge in [-0.05, 0) is 30.5 Å². The van der Waals surface area contributed by atoms with Gasteiger partial charge >= 0.3 is 0 Å². The fraction of sp³-hybridized carbons (Fsp3) is 0.538. The third kappa shape index (κ3) is 2.83. The van der Waals surface area contributed by atoms with Crippen molar-refractivity contribution < 1.29 is 9.50 Å². The SMILES string of the molecule is NCCN1CCC(O)(c2cccc(F)c2)CC1. The molecule has 0 atom stereocenters. The summed E-state index contributed by atoms with van der Waals surface area (Å²) in [5, 5.41) is 10.5. The predicted molar refractivity (Wildman–Crippen MR) is 65.0 cm³/mol. The highest BCUT2D eigenvalue weighted by atomic mass is 19.1. The van der Waals surface area contributed by atoms with Crippen LogP contribution in [0.15, 0.2) is 24.3 Å². The standard InChI is InChI=1S/C13H19FN2O/c14-12-3-1-2-11(10-12)13(17)4-7-16(8-5-13)9-6-15/h1-3,10,17H,4-9,15H2.